The first kappa shape index (κ1) is 13.1. The van der Waals surface area contributed by atoms with Crippen LogP contribution in [0.15, 0.2) is 43.7 Å². The molecule has 20 heavy (non-hydrogen) atoms. The summed E-state index contributed by atoms with van der Waals surface area (Å²) in [6.07, 6.45) is 0. The Bertz CT molecular complexity index is 881. The molecule has 0 aliphatic carbocycles. The predicted octanol–water partition coefficient (Wildman–Crippen LogP) is 2.65. The van der Waals surface area contributed by atoms with Crippen LogP contribution >= 0.6 is 27.3 Å². The van der Waals surface area contributed by atoms with Crippen molar-refractivity contribution in [2.75, 3.05) is 5.32 Å². The van der Waals surface area contributed by atoms with Gasteiger partial charge in [0.1, 0.15) is 0 Å². The number of anilines is 1. The summed E-state index contributed by atoms with van der Waals surface area (Å²) in [4.78, 5) is 28.8. The fraction of sp³-hybridized carbons (Fsp3) is 0.0769. The quantitative estimate of drug-likeness (QED) is 0.634. The van der Waals surface area contributed by atoms with Gasteiger partial charge in [-0.1, -0.05) is 0 Å². The van der Waals surface area contributed by atoms with Crippen molar-refractivity contribution in [2.24, 2.45) is 0 Å². The second kappa shape index (κ2) is 5.26. The molecule has 3 N–H and O–H groups in total. The zero-order valence-corrected chi connectivity index (χ0v) is 12.6. The van der Waals surface area contributed by atoms with E-state index in [-0.39, 0.29) is 0 Å². The van der Waals surface area contributed by atoms with E-state index in [9.17, 15) is 9.59 Å². The summed E-state index contributed by atoms with van der Waals surface area (Å²) in [6, 6.07) is 9.47. The van der Waals surface area contributed by atoms with Gasteiger partial charge in [0, 0.05) is 17.1 Å². The smallest absolute Gasteiger partial charge is 0.314 e. The Labute approximate surface area is 125 Å². The van der Waals surface area contributed by atoms with E-state index >= 15 is 0 Å². The van der Waals surface area contributed by atoms with E-state index < -0.39 is 11.1 Å². The molecule has 2 aromatic heterocycles. The molecule has 0 amide bonds. The maximum absolute atomic E-state index is 11.3. The Morgan fingerprint density at radius 2 is 1.80 bits per heavy atom. The van der Waals surface area contributed by atoms with E-state index in [1.54, 1.807) is 23.5 Å². The van der Waals surface area contributed by atoms with Crippen LogP contribution in [0, 0.1) is 0 Å². The molecule has 0 spiro atoms. The Hall–Kier alpha value is -1.86. The number of hydrogen-bond donors (Lipinski definition) is 3. The summed E-state index contributed by atoms with van der Waals surface area (Å²) in [6.45, 7) is 0.704. The molecule has 0 radical (unpaired) electrons. The molecule has 102 valence electrons. The van der Waals surface area contributed by atoms with Gasteiger partial charge in [0.25, 0.3) is 0 Å². The molecule has 0 aliphatic rings. The molecule has 7 heteroatoms. The van der Waals surface area contributed by atoms with Crippen molar-refractivity contribution >= 4 is 44.0 Å². The first-order chi connectivity index (χ1) is 9.61. The molecule has 5 nitrogen and oxygen atoms in total. The normalized spacial score (nSPS) is 10.8. The molecule has 2 heterocycles. The molecule has 0 saturated heterocycles. The third kappa shape index (κ3) is 2.68. The maximum Gasteiger partial charge on any atom is 0.314 e. The van der Waals surface area contributed by atoms with Crippen LogP contribution in [0.3, 0.4) is 0 Å². The predicted molar refractivity (Wildman–Crippen MR) is 84.5 cm³/mol. The van der Waals surface area contributed by atoms with Crippen LogP contribution in [-0.2, 0) is 6.54 Å². The SMILES string of the molecule is O=c1[nH]c2ccc(NCc3ccc(Br)s3)cc2[nH]c1=O. The Kier molecular flexibility index (Phi) is 3.45. The second-order valence-corrected chi connectivity index (χ2v) is 6.78. The number of aromatic nitrogens is 2. The van der Waals surface area contributed by atoms with E-state index in [1.165, 1.54) is 4.88 Å². The zero-order chi connectivity index (χ0) is 14.1. The van der Waals surface area contributed by atoms with E-state index in [0.717, 1.165) is 9.47 Å². The van der Waals surface area contributed by atoms with Crippen molar-refractivity contribution in [2.45, 2.75) is 6.54 Å². The van der Waals surface area contributed by atoms with Crippen molar-refractivity contribution in [1.82, 2.24) is 9.97 Å². The van der Waals surface area contributed by atoms with Crippen molar-refractivity contribution in [3.63, 3.8) is 0 Å². The van der Waals surface area contributed by atoms with Gasteiger partial charge in [-0.2, -0.15) is 0 Å². The molecule has 1 aromatic carbocycles. The lowest BCUT2D eigenvalue weighted by molar-refractivity contribution is 1.14. The fourth-order valence-corrected chi connectivity index (χ4v) is 3.28. The van der Waals surface area contributed by atoms with Crippen molar-refractivity contribution in [3.8, 4) is 0 Å². The van der Waals surface area contributed by atoms with Gasteiger partial charge in [-0.05, 0) is 46.3 Å². The van der Waals surface area contributed by atoms with Crippen LogP contribution in [-0.4, -0.2) is 9.97 Å². The van der Waals surface area contributed by atoms with Gasteiger partial charge >= 0.3 is 11.1 Å². The van der Waals surface area contributed by atoms with E-state index in [0.29, 0.717) is 17.6 Å². The van der Waals surface area contributed by atoms with Crippen LogP contribution in [0.1, 0.15) is 4.88 Å². The molecule has 0 atom stereocenters. The lowest BCUT2D eigenvalue weighted by Crippen LogP contribution is -2.28. The van der Waals surface area contributed by atoms with Gasteiger partial charge in [-0.15, -0.1) is 11.3 Å². The highest BCUT2D eigenvalue weighted by atomic mass is 79.9. The van der Waals surface area contributed by atoms with Crippen LogP contribution in [0.5, 0.6) is 0 Å². The third-order valence-electron chi connectivity index (χ3n) is 2.82. The van der Waals surface area contributed by atoms with Gasteiger partial charge in [-0.25, -0.2) is 0 Å². The summed E-state index contributed by atoms with van der Waals surface area (Å²) >= 11 is 5.09. The van der Waals surface area contributed by atoms with Crippen LogP contribution < -0.4 is 16.4 Å². The molecular formula is C13H10BrN3O2S. The second-order valence-electron chi connectivity index (χ2n) is 4.23. The number of nitrogens with one attached hydrogen (secondary N) is 3. The van der Waals surface area contributed by atoms with Gasteiger partial charge < -0.3 is 15.3 Å². The monoisotopic (exact) mass is 351 g/mol. The molecule has 3 aromatic rings. The molecule has 0 saturated carbocycles. The number of H-pyrrole nitrogens is 2. The molecule has 0 bridgehead atoms. The van der Waals surface area contributed by atoms with E-state index in [2.05, 4.69) is 31.2 Å². The highest BCUT2D eigenvalue weighted by Crippen LogP contribution is 2.23. The van der Waals surface area contributed by atoms with Gasteiger partial charge in [0.15, 0.2) is 0 Å². The molecule has 0 unspecified atom stereocenters. The zero-order valence-electron chi connectivity index (χ0n) is 10.2. The van der Waals surface area contributed by atoms with Crippen LogP contribution in [0.4, 0.5) is 5.69 Å². The fourth-order valence-electron chi connectivity index (χ4n) is 1.86. The highest BCUT2D eigenvalue weighted by molar-refractivity contribution is 9.11. The average Bonchev–Trinajstić information content (AvgIpc) is 2.84. The summed E-state index contributed by atoms with van der Waals surface area (Å²) in [7, 11) is 0. The molecular weight excluding hydrogens is 342 g/mol. The summed E-state index contributed by atoms with van der Waals surface area (Å²) in [5.74, 6) is 0. The molecule has 0 aliphatic heterocycles. The Morgan fingerprint density at radius 1 is 1.05 bits per heavy atom. The standard InChI is InChI=1S/C13H10BrN3O2S/c14-11-4-2-8(20-11)6-15-7-1-3-9-10(5-7)17-13(19)12(18)16-9/h1-5,15H,6H2,(H,16,18)(H,17,19). The van der Waals surface area contributed by atoms with Crippen molar-refractivity contribution < 1.29 is 0 Å². The number of thiophene rings is 1. The minimum atomic E-state index is -0.642. The Morgan fingerprint density at radius 3 is 2.50 bits per heavy atom. The first-order valence-corrected chi connectivity index (χ1v) is 7.47. The van der Waals surface area contributed by atoms with Crippen LogP contribution in [0.2, 0.25) is 0 Å². The average molecular weight is 352 g/mol. The number of fused-ring (bicyclic) bond motifs is 1. The number of halogens is 1. The van der Waals surface area contributed by atoms with Gasteiger partial charge in [0.2, 0.25) is 0 Å². The van der Waals surface area contributed by atoms with Crippen molar-refractivity contribution in [3.05, 3.63) is 59.7 Å². The highest BCUT2D eigenvalue weighted by Gasteiger charge is 2.02. The topological polar surface area (TPSA) is 77.8 Å². The summed E-state index contributed by atoms with van der Waals surface area (Å²) in [5.41, 5.74) is 0.814. The largest absolute Gasteiger partial charge is 0.380 e. The number of hydrogen-bond acceptors (Lipinski definition) is 4. The Balaban J connectivity index is 1.87. The van der Waals surface area contributed by atoms with E-state index in [4.69, 9.17) is 0 Å². The van der Waals surface area contributed by atoms with Gasteiger partial charge in [-0.3, -0.25) is 9.59 Å². The number of aromatic amines is 2. The minimum Gasteiger partial charge on any atom is -0.380 e. The summed E-state index contributed by atoms with van der Waals surface area (Å²) < 4.78 is 1.09. The summed E-state index contributed by atoms with van der Waals surface area (Å²) in [5, 5.41) is 3.28. The van der Waals surface area contributed by atoms with Crippen LogP contribution in [0.25, 0.3) is 11.0 Å². The van der Waals surface area contributed by atoms with E-state index in [1.807, 2.05) is 18.2 Å². The number of rotatable bonds is 3. The van der Waals surface area contributed by atoms with Gasteiger partial charge in [0.05, 0.1) is 14.8 Å². The molecule has 0 fully saturated rings. The number of benzene rings is 1. The lowest BCUT2D eigenvalue weighted by Gasteiger charge is -2.06. The maximum atomic E-state index is 11.3. The van der Waals surface area contributed by atoms with Crippen molar-refractivity contribution in [1.29, 1.82) is 0 Å². The third-order valence-corrected chi connectivity index (χ3v) is 4.44. The molecule has 3 rings (SSSR count). The first-order valence-electron chi connectivity index (χ1n) is 5.86. The minimum absolute atomic E-state index is 0.604. The lowest BCUT2D eigenvalue weighted by atomic mass is 10.2.